The van der Waals surface area contributed by atoms with E-state index in [4.69, 9.17) is 14.2 Å². The van der Waals surface area contributed by atoms with Gasteiger partial charge in [-0.1, -0.05) is 48.5 Å². The SMILES string of the molecule is C[C@@H](NC(=O)OC(C)(C)C)C(=O)O[C@H](C)[C@@H](Oc1ccccc1)c1ccccc1. The molecule has 0 aliphatic carbocycles. The largest absolute Gasteiger partial charge is 0.482 e. The highest BCUT2D eigenvalue weighted by atomic mass is 16.6. The molecular formula is C23H29NO5. The molecule has 0 aromatic heterocycles. The van der Waals surface area contributed by atoms with Gasteiger partial charge >= 0.3 is 12.1 Å². The highest BCUT2D eigenvalue weighted by Gasteiger charge is 2.28. The van der Waals surface area contributed by atoms with Gasteiger partial charge in [0.1, 0.15) is 23.5 Å². The number of para-hydroxylation sites is 1. The minimum atomic E-state index is -0.861. The van der Waals surface area contributed by atoms with Crippen molar-refractivity contribution in [3.05, 3.63) is 66.2 Å². The average Bonchev–Trinajstić information content (AvgIpc) is 2.65. The number of carbonyl (C=O) groups excluding carboxylic acids is 2. The Morgan fingerprint density at radius 2 is 1.45 bits per heavy atom. The minimum absolute atomic E-state index is 0.503. The van der Waals surface area contributed by atoms with E-state index in [1.54, 1.807) is 34.6 Å². The van der Waals surface area contributed by atoms with Crippen molar-refractivity contribution in [3.63, 3.8) is 0 Å². The molecule has 2 aromatic rings. The van der Waals surface area contributed by atoms with Gasteiger partial charge in [-0.3, -0.25) is 0 Å². The highest BCUT2D eigenvalue weighted by Crippen LogP contribution is 2.26. The predicted octanol–water partition coefficient (Wildman–Crippen LogP) is 4.65. The van der Waals surface area contributed by atoms with Crippen molar-refractivity contribution in [1.29, 1.82) is 0 Å². The minimum Gasteiger partial charge on any atom is -0.482 e. The number of rotatable bonds is 7. The number of alkyl carbamates (subject to hydrolysis) is 1. The number of esters is 1. The standard InChI is InChI=1S/C23H29NO5/c1-16(24-22(26)29-23(3,4)5)21(25)27-17(2)20(18-12-8-6-9-13-18)28-19-14-10-7-11-15-19/h6-17,20H,1-5H3,(H,24,26)/t16-,17-,20-/m1/s1. The summed E-state index contributed by atoms with van der Waals surface area (Å²) in [5.41, 5.74) is 0.229. The molecule has 0 aliphatic heterocycles. The first kappa shape index (κ1) is 22.3. The van der Waals surface area contributed by atoms with Crippen molar-refractivity contribution in [1.82, 2.24) is 5.32 Å². The third kappa shape index (κ3) is 7.49. The van der Waals surface area contributed by atoms with E-state index in [1.165, 1.54) is 0 Å². The maximum Gasteiger partial charge on any atom is 0.408 e. The lowest BCUT2D eigenvalue weighted by molar-refractivity contribution is -0.155. The monoisotopic (exact) mass is 399 g/mol. The van der Waals surface area contributed by atoms with E-state index in [2.05, 4.69) is 5.32 Å². The Bertz CT molecular complexity index is 786. The van der Waals surface area contributed by atoms with E-state index < -0.39 is 35.9 Å². The fourth-order valence-corrected chi connectivity index (χ4v) is 2.61. The molecule has 0 aliphatic rings. The fourth-order valence-electron chi connectivity index (χ4n) is 2.61. The van der Waals surface area contributed by atoms with Crippen molar-refractivity contribution >= 4 is 12.1 Å². The second-order valence-corrected chi connectivity index (χ2v) is 7.77. The molecule has 0 radical (unpaired) electrons. The molecule has 0 unspecified atom stereocenters. The smallest absolute Gasteiger partial charge is 0.408 e. The average molecular weight is 399 g/mol. The summed E-state index contributed by atoms with van der Waals surface area (Å²) in [5.74, 6) is 0.102. The van der Waals surface area contributed by atoms with Crippen LogP contribution in [0.4, 0.5) is 4.79 Å². The fraction of sp³-hybridized carbons (Fsp3) is 0.391. The van der Waals surface area contributed by atoms with E-state index in [0.29, 0.717) is 5.75 Å². The van der Waals surface area contributed by atoms with Gasteiger partial charge in [0.05, 0.1) is 0 Å². The zero-order valence-corrected chi connectivity index (χ0v) is 17.5. The first-order valence-electron chi connectivity index (χ1n) is 9.62. The van der Waals surface area contributed by atoms with Crippen LogP contribution in [0.1, 0.15) is 46.3 Å². The normalized spacial score (nSPS) is 14.2. The zero-order valence-electron chi connectivity index (χ0n) is 17.5. The topological polar surface area (TPSA) is 73.9 Å². The Morgan fingerprint density at radius 1 is 0.897 bits per heavy atom. The van der Waals surface area contributed by atoms with Gasteiger partial charge in [0.2, 0.25) is 0 Å². The number of hydrogen-bond donors (Lipinski definition) is 1. The Hall–Kier alpha value is -3.02. The van der Waals surface area contributed by atoms with Gasteiger partial charge in [0.25, 0.3) is 0 Å². The summed E-state index contributed by atoms with van der Waals surface area (Å²) in [6.45, 7) is 8.57. The van der Waals surface area contributed by atoms with Crippen molar-refractivity contribution in [3.8, 4) is 5.75 Å². The Balaban J connectivity index is 2.05. The summed E-state index contributed by atoms with van der Waals surface area (Å²) in [4.78, 5) is 24.4. The number of nitrogens with one attached hydrogen (secondary N) is 1. The molecule has 2 aromatic carbocycles. The molecule has 3 atom stereocenters. The van der Waals surface area contributed by atoms with Gasteiger partial charge in [-0.25, -0.2) is 9.59 Å². The van der Waals surface area contributed by atoms with Crippen molar-refractivity contribution < 1.29 is 23.8 Å². The van der Waals surface area contributed by atoms with Gasteiger partial charge in [-0.2, -0.15) is 0 Å². The van der Waals surface area contributed by atoms with Crippen LogP contribution in [0.5, 0.6) is 5.75 Å². The number of ether oxygens (including phenoxy) is 3. The molecule has 0 saturated heterocycles. The van der Waals surface area contributed by atoms with Crippen LogP contribution in [0.3, 0.4) is 0 Å². The lowest BCUT2D eigenvalue weighted by atomic mass is 10.0. The van der Waals surface area contributed by atoms with Gasteiger partial charge < -0.3 is 19.5 Å². The zero-order chi connectivity index (χ0) is 21.4. The summed E-state index contributed by atoms with van der Waals surface area (Å²) in [7, 11) is 0. The highest BCUT2D eigenvalue weighted by molar-refractivity contribution is 5.81. The number of benzene rings is 2. The maximum atomic E-state index is 12.5. The van der Waals surface area contributed by atoms with Crippen LogP contribution in [0, 0.1) is 0 Å². The lowest BCUT2D eigenvalue weighted by Crippen LogP contribution is -2.43. The van der Waals surface area contributed by atoms with Gasteiger partial charge in [-0.05, 0) is 52.3 Å². The molecule has 6 heteroatoms. The van der Waals surface area contributed by atoms with Crippen molar-refractivity contribution in [2.75, 3.05) is 0 Å². The summed E-state index contributed by atoms with van der Waals surface area (Å²) in [6, 6.07) is 18.0. The molecule has 156 valence electrons. The first-order valence-corrected chi connectivity index (χ1v) is 9.62. The van der Waals surface area contributed by atoms with E-state index in [9.17, 15) is 9.59 Å². The summed E-state index contributed by atoms with van der Waals surface area (Å²) >= 11 is 0. The Labute approximate surface area is 172 Å². The molecule has 2 rings (SSSR count). The Kier molecular flexibility index (Phi) is 7.65. The van der Waals surface area contributed by atoms with Crippen molar-refractivity contribution in [2.45, 2.75) is 58.5 Å². The number of amides is 1. The lowest BCUT2D eigenvalue weighted by Gasteiger charge is -2.27. The summed E-state index contributed by atoms with van der Waals surface area (Å²) < 4.78 is 16.9. The van der Waals surface area contributed by atoms with Crippen LogP contribution in [0.25, 0.3) is 0 Å². The molecule has 6 nitrogen and oxygen atoms in total. The van der Waals surface area contributed by atoms with Crippen LogP contribution in [0.2, 0.25) is 0 Å². The maximum absolute atomic E-state index is 12.5. The van der Waals surface area contributed by atoms with Crippen LogP contribution in [-0.2, 0) is 14.3 Å². The molecule has 29 heavy (non-hydrogen) atoms. The first-order chi connectivity index (χ1) is 13.7. The van der Waals surface area contributed by atoms with E-state index in [0.717, 1.165) is 5.56 Å². The predicted molar refractivity (Wildman–Crippen MR) is 111 cm³/mol. The molecule has 0 heterocycles. The second kappa shape index (κ2) is 9.96. The van der Waals surface area contributed by atoms with E-state index in [-0.39, 0.29) is 0 Å². The van der Waals surface area contributed by atoms with E-state index in [1.807, 2.05) is 60.7 Å². The summed E-state index contributed by atoms with van der Waals surface area (Å²) in [6.07, 6.45) is -1.76. The molecule has 1 amide bonds. The van der Waals surface area contributed by atoms with E-state index >= 15 is 0 Å². The number of hydrogen-bond acceptors (Lipinski definition) is 5. The third-order valence-corrected chi connectivity index (χ3v) is 3.95. The molecule has 0 bridgehead atoms. The second-order valence-electron chi connectivity index (χ2n) is 7.77. The quantitative estimate of drug-likeness (QED) is 0.686. The van der Waals surface area contributed by atoms with Gasteiger partial charge in [-0.15, -0.1) is 0 Å². The molecule has 1 N–H and O–H groups in total. The van der Waals surface area contributed by atoms with Gasteiger partial charge in [0.15, 0.2) is 6.10 Å². The van der Waals surface area contributed by atoms with Crippen LogP contribution < -0.4 is 10.1 Å². The van der Waals surface area contributed by atoms with Crippen LogP contribution >= 0.6 is 0 Å². The molecule has 0 saturated carbocycles. The Morgan fingerprint density at radius 3 is 2.00 bits per heavy atom. The number of carbonyl (C=O) groups is 2. The van der Waals surface area contributed by atoms with Crippen LogP contribution in [-0.4, -0.2) is 29.8 Å². The molecule has 0 spiro atoms. The van der Waals surface area contributed by atoms with Gasteiger partial charge in [0, 0.05) is 0 Å². The molecule has 0 fully saturated rings. The van der Waals surface area contributed by atoms with Crippen molar-refractivity contribution in [2.24, 2.45) is 0 Å². The van der Waals surface area contributed by atoms with Crippen LogP contribution in [0.15, 0.2) is 60.7 Å². The third-order valence-electron chi connectivity index (χ3n) is 3.95. The summed E-state index contributed by atoms with van der Waals surface area (Å²) in [5, 5.41) is 2.49. The molecular weight excluding hydrogens is 370 g/mol.